The lowest BCUT2D eigenvalue weighted by atomic mass is 10.3. The summed E-state index contributed by atoms with van der Waals surface area (Å²) in [5, 5.41) is 6.84. The average Bonchev–Trinajstić information content (AvgIpc) is 1.89. The minimum Gasteiger partial charge on any atom is -0.398 e. The molecule has 0 aliphatic carbocycles. The number of anilines is 1. The van der Waals surface area contributed by atoms with Crippen molar-refractivity contribution in [1.29, 1.82) is 5.41 Å². The van der Waals surface area contributed by atoms with Gasteiger partial charge < -0.3 is 11.1 Å². The van der Waals surface area contributed by atoms with Gasteiger partial charge in [0.15, 0.2) is 0 Å². The van der Waals surface area contributed by atoms with Gasteiger partial charge in [-0.25, -0.2) is 0 Å². The maximum absolute atomic E-state index is 6.84. The molecule has 1 rings (SSSR count). The van der Waals surface area contributed by atoms with E-state index in [0.29, 0.717) is 11.3 Å². The molecule has 1 aromatic heterocycles. The molecule has 0 aliphatic heterocycles. The molecule has 0 saturated carbocycles. The second-order valence-electron chi connectivity index (χ2n) is 1.65. The Morgan fingerprint density at radius 2 is 2.44 bits per heavy atom. The number of nitrogens with two attached hydrogens (primary N) is 1. The van der Waals surface area contributed by atoms with E-state index in [2.05, 4.69) is 4.98 Å². The Hall–Kier alpha value is -1.38. The van der Waals surface area contributed by atoms with Crippen LogP contribution >= 0.6 is 0 Å². The molecule has 0 radical (unpaired) electrons. The Bertz CT molecular complexity index is 219. The van der Waals surface area contributed by atoms with Gasteiger partial charge in [0, 0.05) is 29.9 Å². The van der Waals surface area contributed by atoms with Crippen LogP contribution in [0.3, 0.4) is 0 Å². The molecule has 1 heterocycles. The van der Waals surface area contributed by atoms with Gasteiger partial charge in [-0.15, -0.1) is 0 Å². The van der Waals surface area contributed by atoms with E-state index in [1.54, 1.807) is 18.5 Å². The van der Waals surface area contributed by atoms with Crippen molar-refractivity contribution in [3.8, 4) is 0 Å². The summed E-state index contributed by atoms with van der Waals surface area (Å²) in [4.78, 5) is 3.79. The second kappa shape index (κ2) is 2.26. The lowest BCUT2D eigenvalue weighted by Gasteiger charge is -1.93. The molecule has 3 N–H and O–H groups in total. The zero-order valence-corrected chi connectivity index (χ0v) is 4.83. The van der Waals surface area contributed by atoms with Gasteiger partial charge in [0.25, 0.3) is 0 Å². The van der Waals surface area contributed by atoms with Crippen LogP contribution in [0.1, 0.15) is 5.56 Å². The van der Waals surface area contributed by atoms with Crippen molar-refractivity contribution in [2.75, 3.05) is 5.73 Å². The highest BCUT2D eigenvalue weighted by Gasteiger charge is 1.89. The SMILES string of the molecule is N=Cc1cnccc1N. The van der Waals surface area contributed by atoms with Crippen LogP contribution in [-0.2, 0) is 0 Å². The lowest BCUT2D eigenvalue weighted by Crippen LogP contribution is -1.91. The van der Waals surface area contributed by atoms with Crippen LogP contribution in [0.4, 0.5) is 5.69 Å². The average molecular weight is 121 g/mol. The minimum atomic E-state index is 0.597. The van der Waals surface area contributed by atoms with Crippen LogP contribution in [-0.4, -0.2) is 11.2 Å². The summed E-state index contributed by atoms with van der Waals surface area (Å²) in [6.07, 6.45) is 4.34. The van der Waals surface area contributed by atoms with Gasteiger partial charge in [0.1, 0.15) is 0 Å². The van der Waals surface area contributed by atoms with Crippen molar-refractivity contribution in [2.24, 2.45) is 0 Å². The first kappa shape index (κ1) is 5.75. The Morgan fingerprint density at radius 3 is 2.89 bits per heavy atom. The zero-order valence-electron chi connectivity index (χ0n) is 4.83. The summed E-state index contributed by atoms with van der Waals surface area (Å²) < 4.78 is 0. The van der Waals surface area contributed by atoms with E-state index in [9.17, 15) is 0 Å². The number of nitrogen functional groups attached to an aromatic ring is 1. The summed E-state index contributed by atoms with van der Waals surface area (Å²) in [5.74, 6) is 0. The molecule has 0 bridgehead atoms. The number of nitrogens with one attached hydrogen (secondary N) is 1. The normalized spacial score (nSPS) is 8.89. The third-order valence-electron chi connectivity index (χ3n) is 1.04. The summed E-state index contributed by atoms with van der Waals surface area (Å²) in [5.41, 5.74) is 6.70. The molecule has 1 aromatic rings. The van der Waals surface area contributed by atoms with Crippen molar-refractivity contribution in [1.82, 2.24) is 4.98 Å². The highest BCUT2D eigenvalue weighted by Crippen LogP contribution is 2.03. The van der Waals surface area contributed by atoms with Gasteiger partial charge in [0.05, 0.1) is 0 Å². The Labute approximate surface area is 53.0 Å². The molecule has 46 valence electrons. The van der Waals surface area contributed by atoms with Crippen molar-refractivity contribution < 1.29 is 0 Å². The fourth-order valence-electron chi connectivity index (χ4n) is 0.538. The topological polar surface area (TPSA) is 62.8 Å². The van der Waals surface area contributed by atoms with Gasteiger partial charge in [-0.2, -0.15) is 0 Å². The third kappa shape index (κ3) is 1.05. The van der Waals surface area contributed by atoms with Crippen molar-refractivity contribution in [2.45, 2.75) is 0 Å². The van der Waals surface area contributed by atoms with Crippen LogP contribution in [0.15, 0.2) is 18.5 Å². The van der Waals surface area contributed by atoms with E-state index in [1.165, 1.54) is 6.21 Å². The first-order valence-corrected chi connectivity index (χ1v) is 2.54. The highest BCUT2D eigenvalue weighted by atomic mass is 14.7. The quantitative estimate of drug-likeness (QED) is 0.536. The van der Waals surface area contributed by atoms with Gasteiger partial charge in [0.2, 0.25) is 0 Å². The second-order valence-corrected chi connectivity index (χ2v) is 1.65. The van der Waals surface area contributed by atoms with Crippen LogP contribution in [0.25, 0.3) is 0 Å². The number of aromatic nitrogens is 1. The van der Waals surface area contributed by atoms with Crippen molar-refractivity contribution in [3.63, 3.8) is 0 Å². The molecule has 0 fully saturated rings. The number of nitrogens with zero attached hydrogens (tertiary/aromatic N) is 1. The predicted molar refractivity (Wildman–Crippen MR) is 36.5 cm³/mol. The number of hydrogen-bond donors (Lipinski definition) is 2. The standard InChI is InChI=1S/C6H7N3/c7-3-5-4-9-2-1-6(5)8/h1-4,7H,(H2,8,9). The predicted octanol–water partition coefficient (Wildman–Crippen LogP) is 0.661. The van der Waals surface area contributed by atoms with Crippen molar-refractivity contribution in [3.05, 3.63) is 24.0 Å². The lowest BCUT2D eigenvalue weighted by molar-refractivity contribution is 1.32. The molecule has 9 heavy (non-hydrogen) atoms. The summed E-state index contributed by atoms with van der Waals surface area (Å²) in [6, 6.07) is 1.67. The molecule has 3 heteroatoms. The summed E-state index contributed by atoms with van der Waals surface area (Å²) >= 11 is 0. The maximum Gasteiger partial charge on any atom is 0.0434 e. The number of pyridine rings is 1. The van der Waals surface area contributed by atoms with Gasteiger partial charge in [-0.05, 0) is 6.07 Å². The van der Waals surface area contributed by atoms with Crippen LogP contribution in [0, 0.1) is 5.41 Å². The number of hydrogen-bond acceptors (Lipinski definition) is 3. The van der Waals surface area contributed by atoms with Crippen LogP contribution in [0.5, 0.6) is 0 Å². The Balaban J connectivity index is 3.15. The Morgan fingerprint density at radius 1 is 1.67 bits per heavy atom. The molecule has 0 amide bonds. The highest BCUT2D eigenvalue weighted by molar-refractivity contribution is 5.83. The molecule has 3 nitrogen and oxygen atoms in total. The van der Waals surface area contributed by atoms with Crippen molar-refractivity contribution >= 4 is 11.9 Å². The van der Waals surface area contributed by atoms with Crippen LogP contribution in [0.2, 0.25) is 0 Å². The summed E-state index contributed by atoms with van der Waals surface area (Å²) in [6.45, 7) is 0. The first-order chi connectivity index (χ1) is 4.34. The van der Waals surface area contributed by atoms with Gasteiger partial charge >= 0.3 is 0 Å². The van der Waals surface area contributed by atoms with E-state index in [0.717, 1.165) is 0 Å². The largest absolute Gasteiger partial charge is 0.398 e. The third-order valence-corrected chi connectivity index (χ3v) is 1.04. The molecule has 0 spiro atoms. The Kier molecular flexibility index (Phi) is 1.44. The molecule has 0 unspecified atom stereocenters. The van der Waals surface area contributed by atoms with Gasteiger partial charge in [-0.3, -0.25) is 4.98 Å². The minimum absolute atomic E-state index is 0.597. The molecule has 0 aliphatic rings. The zero-order chi connectivity index (χ0) is 6.69. The molecular weight excluding hydrogens is 114 g/mol. The van der Waals surface area contributed by atoms with E-state index in [-0.39, 0.29) is 0 Å². The molecule has 0 aromatic carbocycles. The monoisotopic (exact) mass is 121 g/mol. The molecular formula is C6H7N3. The fraction of sp³-hybridized carbons (Fsp3) is 0. The maximum atomic E-state index is 6.84. The molecule has 0 atom stereocenters. The fourth-order valence-corrected chi connectivity index (χ4v) is 0.538. The van der Waals surface area contributed by atoms with E-state index in [4.69, 9.17) is 11.1 Å². The van der Waals surface area contributed by atoms with Gasteiger partial charge in [-0.1, -0.05) is 0 Å². The smallest absolute Gasteiger partial charge is 0.0434 e. The first-order valence-electron chi connectivity index (χ1n) is 2.54. The van der Waals surface area contributed by atoms with Crippen LogP contribution < -0.4 is 5.73 Å². The van der Waals surface area contributed by atoms with E-state index in [1.807, 2.05) is 0 Å². The summed E-state index contributed by atoms with van der Waals surface area (Å²) in [7, 11) is 0. The van der Waals surface area contributed by atoms with E-state index >= 15 is 0 Å². The van der Waals surface area contributed by atoms with E-state index < -0.39 is 0 Å². The number of rotatable bonds is 1. The molecule has 0 saturated heterocycles.